The fourth-order valence-electron chi connectivity index (χ4n) is 7.68. The van der Waals surface area contributed by atoms with Gasteiger partial charge in [-0.3, -0.25) is 0 Å². The van der Waals surface area contributed by atoms with Crippen molar-refractivity contribution < 1.29 is 4.74 Å². The van der Waals surface area contributed by atoms with Gasteiger partial charge in [0.05, 0.1) is 0 Å². The van der Waals surface area contributed by atoms with Crippen LogP contribution in [0.3, 0.4) is 0 Å². The minimum absolute atomic E-state index is 0.00113. The SMILES string of the molecule is CC(C)(C)c1cc(C2=N[C@@H](c3ccccc3-c3ccccc3P(C3CCCCC3)C3CCCCC3)CO2)cc(C(C)(C)C)c1. The Hall–Kier alpha value is -2.44. The predicted molar refractivity (Wildman–Crippen MR) is 191 cm³/mol. The van der Waals surface area contributed by atoms with Gasteiger partial charge in [0.2, 0.25) is 5.90 Å². The molecule has 0 saturated heterocycles. The van der Waals surface area contributed by atoms with Gasteiger partial charge in [-0.15, -0.1) is 0 Å². The highest BCUT2D eigenvalue weighted by atomic mass is 31.1. The molecule has 3 aromatic carbocycles. The van der Waals surface area contributed by atoms with E-state index in [0.717, 1.165) is 22.8 Å². The highest BCUT2D eigenvalue weighted by molar-refractivity contribution is 7.67. The number of ether oxygens (including phenoxy) is 1. The fourth-order valence-corrected chi connectivity index (χ4v) is 11.6. The molecule has 2 aliphatic carbocycles. The van der Waals surface area contributed by atoms with E-state index in [-0.39, 0.29) is 24.8 Å². The quantitative estimate of drug-likeness (QED) is 0.255. The molecule has 2 nitrogen and oxygen atoms in total. The Morgan fingerprint density at radius 3 is 1.73 bits per heavy atom. The van der Waals surface area contributed by atoms with Crippen LogP contribution in [0.2, 0.25) is 0 Å². The third-order valence-electron chi connectivity index (χ3n) is 10.3. The highest BCUT2D eigenvalue weighted by Gasteiger charge is 2.34. The molecule has 44 heavy (non-hydrogen) atoms. The van der Waals surface area contributed by atoms with Crippen molar-refractivity contribution in [1.82, 2.24) is 0 Å². The first kappa shape index (κ1) is 31.5. The Bertz CT molecular complexity index is 1410. The van der Waals surface area contributed by atoms with Gasteiger partial charge in [-0.1, -0.05) is 143 Å². The van der Waals surface area contributed by atoms with Crippen LogP contribution in [-0.2, 0) is 15.6 Å². The first-order valence-corrected chi connectivity index (χ1v) is 18.9. The fraction of sp³-hybridized carbons (Fsp3) is 0.537. The molecule has 1 aliphatic heterocycles. The first-order chi connectivity index (χ1) is 21.1. The summed E-state index contributed by atoms with van der Waals surface area (Å²) in [5.41, 5.74) is 9.77. The Labute approximate surface area is 268 Å². The van der Waals surface area contributed by atoms with E-state index in [9.17, 15) is 0 Å². The van der Waals surface area contributed by atoms with Gasteiger partial charge in [0.1, 0.15) is 12.6 Å². The van der Waals surface area contributed by atoms with Gasteiger partial charge in [-0.2, -0.15) is 0 Å². The van der Waals surface area contributed by atoms with E-state index in [1.54, 1.807) is 5.30 Å². The van der Waals surface area contributed by atoms with E-state index in [1.165, 1.54) is 92.0 Å². The number of hydrogen-bond acceptors (Lipinski definition) is 2. The van der Waals surface area contributed by atoms with Gasteiger partial charge in [-0.05, 0) is 93.1 Å². The largest absolute Gasteiger partial charge is 0.475 e. The summed E-state index contributed by atoms with van der Waals surface area (Å²) in [6.45, 7) is 14.4. The van der Waals surface area contributed by atoms with Crippen LogP contribution < -0.4 is 5.30 Å². The molecule has 0 aromatic heterocycles. The van der Waals surface area contributed by atoms with Crippen molar-refractivity contribution in [2.45, 2.75) is 134 Å². The van der Waals surface area contributed by atoms with Crippen LogP contribution in [0.5, 0.6) is 0 Å². The molecule has 3 aromatic rings. The van der Waals surface area contributed by atoms with Crippen molar-refractivity contribution in [3.05, 3.63) is 89.0 Å². The summed E-state index contributed by atoms with van der Waals surface area (Å²) in [4.78, 5) is 5.31. The van der Waals surface area contributed by atoms with Gasteiger partial charge in [0.15, 0.2) is 0 Å². The highest BCUT2D eigenvalue weighted by Crippen LogP contribution is 2.56. The van der Waals surface area contributed by atoms with Gasteiger partial charge >= 0.3 is 0 Å². The van der Waals surface area contributed by atoms with E-state index in [1.807, 2.05) is 0 Å². The molecule has 0 N–H and O–H groups in total. The van der Waals surface area contributed by atoms with Gasteiger partial charge < -0.3 is 4.74 Å². The molecule has 0 spiro atoms. The molecule has 234 valence electrons. The summed E-state index contributed by atoms with van der Waals surface area (Å²) in [5.74, 6) is 0.793. The molecule has 0 unspecified atom stereocenters. The van der Waals surface area contributed by atoms with Crippen LogP contribution in [0.4, 0.5) is 0 Å². The second-order valence-corrected chi connectivity index (χ2v) is 18.4. The lowest BCUT2D eigenvalue weighted by Gasteiger charge is -2.39. The van der Waals surface area contributed by atoms with Crippen LogP contribution in [0, 0.1) is 0 Å². The zero-order valence-electron chi connectivity index (χ0n) is 28.2. The Kier molecular flexibility index (Phi) is 9.40. The van der Waals surface area contributed by atoms with Crippen molar-refractivity contribution in [3.8, 4) is 11.1 Å². The normalized spacial score (nSPS) is 20.5. The topological polar surface area (TPSA) is 21.6 Å². The van der Waals surface area contributed by atoms with Crippen LogP contribution in [0.15, 0.2) is 71.7 Å². The maximum absolute atomic E-state index is 6.45. The maximum atomic E-state index is 6.45. The molecule has 3 aliphatic rings. The number of benzene rings is 3. The molecular formula is C41H54NOP. The second kappa shape index (κ2) is 13.1. The molecular weight excluding hydrogens is 553 g/mol. The number of nitrogens with zero attached hydrogens (tertiary/aromatic N) is 1. The van der Waals surface area contributed by atoms with Crippen molar-refractivity contribution in [2.24, 2.45) is 4.99 Å². The molecule has 2 fully saturated rings. The summed E-state index contributed by atoms with van der Waals surface area (Å²) in [6, 6.07) is 25.6. The number of rotatable bonds is 6. The zero-order valence-corrected chi connectivity index (χ0v) is 29.1. The maximum Gasteiger partial charge on any atom is 0.216 e. The molecule has 3 heteroatoms. The van der Waals surface area contributed by atoms with Gasteiger partial charge in [0.25, 0.3) is 0 Å². The second-order valence-electron chi connectivity index (χ2n) is 15.7. The molecule has 0 bridgehead atoms. The summed E-state index contributed by atoms with van der Waals surface area (Å²) < 4.78 is 6.45. The molecule has 0 radical (unpaired) electrons. The monoisotopic (exact) mass is 607 g/mol. The summed E-state index contributed by atoms with van der Waals surface area (Å²) in [5, 5.41) is 1.66. The predicted octanol–water partition coefficient (Wildman–Crippen LogP) is 11.2. The minimum Gasteiger partial charge on any atom is -0.475 e. The Morgan fingerprint density at radius 2 is 1.16 bits per heavy atom. The molecule has 1 atom stereocenters. The van der Waals surface area contributed by atoms with Crippen LogP contribution in [0.1, 0.15) is 134 Å². The van der Waals surface area contributed by atoms with Gasteiger partial charge in [-0.25, -0.2) is 4.99 Å². The average Bonchev–Trinajstić information content (AvgIpc) is 3.52. The minimum atomic E-state index is -0.203. The van der Waals surface area contributed by atoms with Crippen molar-refractivity contribution in [1.29, 1.82) is 0 Å². The average molecular weight is 608 g/mol. The van der Waals surface area contributed by atoms with Crippen molar-refractivity contribution >= 4 is 19.1 Å². The summed E-state index contributed by atoms with van der Waals surface area (Å²) in [6.07, 6.45) is 14.2. The molecule has 1 heterocycles. The lowest BCUT2D eigenvalue weighted by Crippen LogP contribution is -2.27. The van der Waals surface area contributed by atoms with E-state index < -0.39 is 0 Å². The van der Waals surface area contributed by atoms with E-state index in [0.29, 0.717) is 6.61 Å². The Balaban J connectivity index is 1.39. The lowest BCUT2D eigenvalue weighted by molar-refractivity contribution is 0.320. The third kappa shape index (κ3) is 6.87. The molecule has 6 rings (SSSR count). The smallest absolute Gasteiger partial charge is 0.216 e. The molecule has 2 saturated carbocycles. The lowest BCUT2D eigenvalue weighted by atomic mass is 9.79. The number of hydrogen-bond donors (Lipinski definition) is 0. The summed E-state index contributed by atoms with van der Waals surface area (Å²) >= 11 is 0. The van der Waals surface area contributed by atoms with Crippen molar-refractivity contribution in [3.63, 3.8) is 0 Å². The molecule has 0 amide bonds. The van der Waals surface area contributed by atoms with Crippen LogP contribution >= 0.6 is 7.92 Å². The standard InChI is InChI=1S/C41H54NOP/c1-40(2,3)30-25-29(26-31(27-30)41(4,5)6)39-42-37(28-43-39)35-22-14-13-21-34(35)36-23-15-16-24-38(36)44(32-17-9-7-10-18-32)33-19-11-8-12-20-33/h13-16,21-27,32-33,37H,7-12,17-20,28H2,1-6H3/t37-/m1/s1. The zero-order chi connectivity index (χ0) is 30.9. The van der Waals surface area contributed by atoms with E-state index >= 15 is 0 Å². The Morgan fingerprint density at radius 1 is 0.636 bits per heavy atom. The third-order valence-corrected chi connectivity index (χ3v) is 13.8. The van der Waals surface area contributed by atoms with Gasteiger partial charge in [0, 0.05) is 5.56 Å². The summed E-state index contributed by atoms with van der Waals surface area (Å²) in [7, 11) is -0.203. The number of aliphatic imine (C=N–C) groups is 1. The first-order valence-electron chi connectivity index (χ1n) is 17.4. The van der Waals surface area contributed by atoms with Crippen molar-refractivity contribution in [2.75, 3.05) is 6.61 Å². The van der Waals surface area contributed by atoms with Crippen LogP contribution in [-0.4, -0.2) is 23.8 Å². The van der Waals surface area contributed by atoms with Crippen LogP contribution in [0.25, 0.3) is 11.1 Å². The van der Waals surface area contributed by atoms with E-state index in [4.69, 9.17) is 9.73 Å². The van der Waals surface area contributed by atoms with E-state index in [2.05, 4.69) is 108 Å².